The molecule has 0 spiro atoms. The van der Waals surface area contributed by atoms with Gasteiger partial charge in [-0.3, -0.25) is 4.79 Å². The first kappa shape index (κ1) is 21.5. The van der Waals surface area contributed by atoms with Gasteiger partial charge in [-0.15, -0.1) is 6.58 Å². The maximum Gasteiger partial charge on any atom is 0.342 e. The van der Waals surface area contributed by atoms with Crippen LogP contribution in [-0.2, 0) is 6.42 Å². The summed E-state index contributed by atoms with van der Waals surface area (Å²) in [5.41, 5.74) is 3.89. The van der Waals surface area contributed by atoms with Gasteiger partial charge in [-0.25, -0.2) is 9.59 Å². The van der Waals surface area contributed by atoms with Crippen LogP contribution in [0.5, 0.6) is 11.5 Å². The lowest BCUT2D eigenvalue weighted by Crippen LogP contribution is -2.24. The molecule has 1 aromatic carbocycles. The Hall–Kier alpha value is -3.75. The van der Waals surface area contributed by atoms with Crippen molar-refractivity contribution in [2.24, 2.45) is 0 Å². The van der Waals surface area contributed by atoms with E-state index >= 15 is 0 Å². The van der Waals surface area contributed by atoms with Crippen molar-refractivity contribution in [3.05, 3.63) is 51.8 Å². The molecule has 0 radical (unpaired) electrons. The van der Waals surface area contributed by atoms with Crippen molar-refractivity contribution in [3.63, 3.8) is 0 Å². The number of H-pyrrole nitrogens is 1. The number of aromatic nitrogens is 1. The summed E-state index contributed by atoms with van der Waals surface area (Å²) in [4.78, 5) is 37.9. The molecule has 0 saturated carbocycles. The standard InChI is InChI=1S/C20H22N2O7/c1-4-7-10-8-11(9-12(28-5-2)16(10)29-6-3)13-14(19(24)25)17(21)22-18(23)15(13)20(26)27/h4,8-9H,1,5-7H2,2-3H3,(H,24,25)(H,26,27)(H3,21,22,23). The molecule has 0 fully saturated rings. The second-order valence-electron chi connectivity index (χ2n) is 5.92. The molecule has 0 aliphatic carbocycles. The summed E-state index contributed by atoms with van der Waals surface area (Å²) in [6.07, 6.45) is 1.95. The highest BCUT2D eigenvalue weighted by molar-refractivity contribution is 6.07. The maximum absolute atomic E-state index is 12.3. The quantitative estimate of drug-likeness (QED) is 0.467. The van der Waals surface area contributed by atoms with Crippen LogP contribution in [0.25, 0.3) is 11.1 Å². The summed E-state index contributed by atoms with van der Waals surface area (Å²) in [6, 6.07) is 2.98. The van der Waals surface area contributed by atoms with E-state index in [0.29, 0.717) is 24.3 Å². The highest BCUT2D eigenvalue weighted by Crippen LogP contribution is 2.39. The first-order valence-electron chi connectivity index (χ1n) is 8.82. The molecule has 1 heterocycles. The van der Waals surface area contributed by atoms with Gasteiger partial charge in [0.1, 0.15) is 16.9 Å². The third kappa shape index (κ3) is 4.23. The molecule has 0 amide bonds. The second kappa shape index (κ2) is 8.96. The number of hydrogen-bond acceptors (Lipinski definition) is 6. The number of carboxylic acids is 2. The summed E-state index contributed by atoms with van der Waals surface area (Å²) >= 11 is 0. The molecule has 2 rings (SSSR count). The maximum atomic E-state index is 12.3. The second-order valence-corrected chi connectivity index (χ2v) is 5.92. The normalized spacial score (nSPS) is 10.4. The Labute approximate surface area is 166 Å². The number of benzene rings is 1. The fourth-order valence-corrected chi connectivity index (χ4v) is 3.02. The average molecular weight is 402 g/mol. The van der Waals surface area contributed by atoms with Crippen molar-refractivity contribution < 1.29 is 29.3 Å². The number of ether oxygens (including phenoxy) is 2. The Morgan fingerprint density at radius 3 is 2.28 bits per heavy atom. The first-order chi connectivity index (χ1) is 13.8. The lowest BCUT2D eigenvalue weighted by atomic mass is 9.93. The lowest BCUT2D eigenvalue weighted by molar-refractivity contribution is 0.0695. The number of anilines is 1. The number of rotatable bonds is 9. The Kier molecular flexibility index (Phi) is 6.66. The Morgan fingerprint density at radius 1 is 1.14 bits per heavy atom. The number of carboxylic acid groups (broad SMARTS) is 2. The number of pyridine rings is 1. The molecule has 0 aliphatic heterocycles. The van der Waals surface area contributed by atoms with Crippen molar-refractivity contribution in [1.82, 2.24) is 4.98 Å². The predicted molar refractivity (Wildman–Crippen MR) is 107 cm³/mol. The van der Waals surface area contributed by atoms with E-state index in [1.165, 1.54) is 6.07 Å². The number of nitrogens with two attached hydrogens (primary N) is 1. The summed E-state index contributed by atoms with van der Waals surface area (Å²) in [5, 5.41) is 19.2. The van der Waals surface area contributed by atoms with E-state index in [2.05, 4.69) is 11.6 Å². The molecular weight excluding hydrogens is 380 g/mol. The van der Waals surface area contributed by atoms with Gasteiger partial charge in [-0.05, 0) is 38.0 Å². The number of carbonyl (C=O) groups is 2. The summed E-state index contributed by atoms with van der Waals surface area (Å²) in [7, 11) is 0. The number of hydrogen-bond donors (Lipinski definition) is 4. The lowest BCUT2D eigenvalue weighted by Gasteiger charge is -2.18. The molecule has 0 aliphatic rings. The highest BCUT2D eigenvalue weighted by Gasteiger charge is 2.28. The number of allylic oxidation sites excluding steroid dienone is 1. The first-order valence-corrected chi connectivity index (χ1v) is 8.82. The zero-order valence-corrected chi connectivity index (χ0v) is 16.1. The summed E-state index contributed by atoms with van der Waals surface area (Å²) < 4.78 is 11.3. The van der Waals surface area contributed by atoms with Crippen LogP contribution in [0.3, 0.4) is 0 Å². The third-order valence-corrected chi connectivity index (χ3v) is 4.05. The van der Waals surface area contributed by atoms with Crippen molar-refractivity contribution in [3.8, 4) is 22.6 Å². The van der Waals surface area contributed by atoms with Crippen LogP contribution in [-0.4, -0.2) is 40.3 Å². The van der Waals surface area contributed by atoms with Gasteiger partial charge in [-0.2, -0.15) is 0 Å². The average Bonchev–Trinajstić information content (AvgIpc) is 2.63. The Bertz CT molecular complexity index is 1020. The number of nitrogen functional groups attached to an aromatic ring is 1. The van der Waals surface area contributed by atoms with E-state index < -0.39 is 34.4 Å². The molecule has 154 valence electrons. The Balaban J connectivity index is 3.00. The predicted octanol–water partition coefficient (Wildman–Crippen LogP) is 2.55. The van der Waals surface area contributed by atoms with E-state index in [1.807, 2.05) is 0 Å². The molecule has 9 heteroatoms. The smallest absolute Gasteiger partial charge is 0.342 e. The van der Waals surface area contributed by atoms with Gasteiger partial charge >= 0.3 is 11.9 Å². The minimum Gasteiger partial charge on any atom is -0.490 e. The number of aromatic amines is 1. The van der Waals surface area contributed by atoms with Crippen LogP contribution >= 0.6 is 0 Å². The third-order valence-electron chi connectivity index (χ3n) is 4.05. The molecule has 0 saturated heterocycles. The molecule has 1 aromatic heterocycles. The van der Waals surface area contributed by atoms with Crippen LogP contribution in [0.2, 0.25) is 0 Å². The van der Waals surface area contributed by atoms with Gasteiger partial charge in [0.25, 0.3) is 5.56 Å². The minimum absolute atomic E-state index is 0.154. The number of aromatic carboxylic acids is 2. The van der Waals surface area contributed by atoms with Gasteiger partial charge in [0.2, 0.25) is 0 Å². The molecule has 9 nitrogen and oxygen atoms in total. The van der Waals surface area contributed by atoms with Gasteiger partial charge in [-0.1, -0.05) is 6.08 Å². The van der Waals surface area contributed by atoms with Gasteiger partial charge in [0.05, 0.1) is 13.2 Å². The van der Waals surface area contributed by atoms with E-state index in [0.717, 1.165) is 0 Å². The number of nitrogens with one attached hydrogen (secondary N) is 1. The van der Waals surface area contributed by atoms with Crippen LogP contribution in [0.1, 0.15) is 40.1 Å². The van der Waals surface area contributed by atoms with Crippen LogP contribution < -0.4 is 20.8 Å². The largest absolute Gasteiger partial charge is 0.490 e. The van der Waals surface area contributed by atoms with Gasteiger partial charge in [0.15, 0.2) is 11.5 Å². The minimum atomic E-state index is -1.58. The zero-order valence-electron chi connectivity index (χ0n) is 16.1. The van der Waals surface area contributed by atoms with Crippen molar-refractivity contribution in [2.45, 2.75) is 20.3 Å². The SMILES string of the molecule is C=CCc1cc(-c2c(C(=O)O)c(N)[nH]c(=O)c2C(=O)O)cc(OCC)c1OCC. The van der Waals surface area contributed by atoms with E-state index in [-0.39, 0.29) is 23.5 Å². The van der Waals surface area contributed by atoms with Gasteiger partial charge in [0, 0.05) is 11.1 Å². The van der Waals surface area contributed by atoms with Crippen molar-refractivity contribution in [1.29, 1.82) is 0 Å². The fraction of sp³-hybridized carbons (Fsp3) is 0.250. The molecule has 0 unspecified atom stereocenters. The molecule has 5 N–H and O–H groups in total. The van der Waals surface area contributed by atoms with E-state index in [9.17, 15) is 24.6 Å². The van der Waals surface area contributed by atoms with Crippen molar-refractivity contribution >= 4 is 17.8 Å². The van der Waals surface area contributed by atoms with Gasteiger partial charge < -0.3 is 30.4 Å². The molecular formula is C20H22N2O7. The monoisotopic (exact) mass is 402 g/mol. The van der Waals surface area contributed by atoms with Crippen molar-refractivity contribution in [2.75, 3.05) is 18.9 Å². The highest BCUT2D eigenvalue weighted by atomic mass is 16.5. The summed E-state index contributed by atoms with van der Waals surface area (Å²) in [6.45, 7) is 7.88. The Morgan fingerprint density at radius 2 is 1.76 bits per heavy atom. The fourth-order valence-electron chi connectivity index (χ4n) is 3.02. The summed E-state index contributed by atoms with van der Waals surface area (Å²) in [5.74, 6) is -2.78. The molecule has 29 heavy (non-hydrogen) atoms. The van der Waals surface area contributed by atoms with E-state index in [4.69, 9.17) is 15.2 Å². The molecule has 2 aromatic rings. The van der Waals surface area contributed by atoms with Crippen LogP contribution in [0, 0.1) is 0 Å². The molecule has 0 atom stereocenters. The zero-order chi connectivity index (χ0) is 21.7. The van der Waals surface area contributed by atoms with Crippen LogP contribution in [0.15, 0.2) is 29.6 Å². The topological polar surface area (TPSA) is 152 Å². The van der Waals surface area contributed by atoms with Crippen LogP contribution in [0.4, 0.5) is 5.82 Å². The molecule has 0 bridgehead atoms. The van der Waals surface area contributed by atoms with E-state index in [1.54, 1.807) is 26.0 Å².